The van der Waals surface area contributed by atoms with E-state index in [4.69, 9.17) is 5.41 Å². The molecule has 2 aliphatic heterocycles. The van der Waals surface area contributed by atoms with Crippen molar-refractivity contribution in [3.63, 3.8) is 0 Å². The molecule has 9 nitrogen and oxygen atoms in total. The van der Waals surface area contributed by atoms with Gasteiger partial charge in [-0.15, -0.1) is 0 Å². The number of aromatic nitrogens is 1. The average molecular weight is 454 g/mol. The van der Waals surface area contributed by atoms with E-state index in [1.807, 2.05) is 24.3 Å². The Bertz CT molecular complexity index is 1170. The second-order valence-electron chi connectivity index (χ2n) is 7.86. The summed E-state index contributed by atoms with van der Waals surface area (Å²) >= 11 is 0. The van der Waals surface area contributed by atoms with Crippen molar-refractivity contribution in [2.75, 3.05) is 18.1 Å². The van der Waals surface area contributed by atoms with Crippen molar-refractivity contribution in [3.05, 3.63) is 66.0 Å². The van der Waals surface area contributed by atoms with Gasteiger partial charge in [0, 0.05) is 18.4 Å². The lowest BCUT2D eigenvalue weighted by atomic mass is 9.86. The molecule has 2 aromatic rings. The lowest BCUT2D eigenvalue weighted by molar-refractivity contribution is -0.120. The van der Waals surface area contributed by atoms with Crippen LogP contribution < -0.4 is 10.6 Å². The van der Waals surface area contributed by atoms with Crippen LogP contribution in [0.5, 0.6) is 0 Å². The summed E-state index contributed by atoms with van der Waals surface area (Å²) < 4.78 is 23.2. The number of amides is 2. The minimum atomic E-state index is -3.12. The highest BCUT2D eigenvalue weighted by molar-refractivity contribution is 7.91. The number of benzene rings is 1. The zero-order valence-corrected chi connectivity index (χ0v) is 18.0. The van der Waals surface area contributed by atoms with Gasteiger partial charge in [-0.25, -0.2) is 8.42 Å². The molecule has 2 fully saturated rings. The molecule has 0 saturated carbocycles. The molecule has 0 spiro atoms. The van der Waals surface area contributed by atoms with Gasteiger partial charge in [-0.3, -0.25) is 19.6 Å². The van der Waals surface area contributed by atoms with Crippen LogP contribution in [0, 0.1) is 11.3 Å². The van der Waals surface area contributed by atoms with Crippen LogP contribution in [-0.2, 0) is 19.4 Å². The molecule has 1 aromatic heterocycles. The van der Waals surface area contributed by atoms with E-state index in [9.17, 15) is 18.0 Å². The van der Waals surface area contributed by atoms with E-state index in [-0.39, 0.29) is 29.5 Å². The predicted octanol–water partition coefficient (Wildman–Crippen LogP) is 0.681. The Morgan fingerprint density at radius 1 is 1.22 bits per heavy atom. The second-order valence-corrected chi connectivity index (χ2v) is 10.1. The van der Waals surface area contributed by atoms with Gasteiger partial charge in [0.05, 0.1) is 29.2 Å². The van der Waals surface area contributed by atoms with E-state index in [0.29, 0.717) is 12.0 Å². The molecule has 166 valence electrons. The van der Waals surface area contributed by atoms with E-state index < -0.39 is 39.7 Å². The summed E-state index contributed by atoms with van der Waals surface area (Å²) in [6, 6.07) is 11.6. The molecular formula is C22H23N5O4S. The van der Waals surface area contributed by atoms with Crippen molar-refractivity contribution in [2.45, 2.75) is 18.5 Å². The Morgan fingerprint density at radius 2 is 2.00 bits per heavy atom. The number of aliphatic imine (C=N–C) groups is 1. The molecule has 0 bridgehead atoms. The number of carbonyl (C=O) groups excluding carboxylic acids is 2. The van der Waals surface area contributed by atoms with Gasteiger partial charge in [0.25, 0.3) is 5.91 Å². The monoisotopic (exact) mass is 453 g/mol. The largest absolute Gasteiger partial charge is 0.351 e. The molecule has 2 saturated heterocycles. The SMILES string of the molecule is N=C(c1ccccc1)C1C(=NCC(=O)NC2CCS(=O)(=O)C2)C(=O)NC1c1cccnc1. The summed E-state index contributed by atoms with van der Waals surface area (Å²) in [4.78, 5) is 33.5. The molecule has 2 aliphatic rings. The van der Waals surface area contributed by atoms with Crippen molar-refractivity contribution in [2.24, 2.45) is 10.9 Å². The van der Waals surface area contributed by atoms with Crippen LogP contribution in [0.4, 0.5) is 0 Å². The van der Waals surface area contributed by atoms with E-state index >= 15 is 0 Å². The van der Waals surface area contributed by atoms with Crippen molar-refractivity contribution in [1.82, 2.24) is 15.6 Å². The highest BCUT2D eigenvalue weighted by Gasteiger charge is 2.43. The average Bonchev–Trinajstić information content (AvgIpc) is 3.31. The number of pyridine rings is 1. The quantitative estimate of drug-likeness (QED) is 0.552. The molecule has 1 aromatic carbocycles. The van der Waals surface area contributed by atoms with Crippen LogP contribution in [-0.4, -0.2) is 60.7 Å². The topological polar surface area (TPSA) is 141 Å². The number of sulfone groups is 1. The first-order valence-electron chi connectivity index (χ1n) is 10.2. The van der Waals surface area contributed by atoms with Crippen LogP contribution in [0.15, 0.2) is 59.9 Å². The van der Waals surface area contributed by atoms with Gasteiger partial charge in [0.15, 0.2) is 9.84 Å². The van der Waals surface area contributed by atoms with Gasteiger partial charge in [0.1, 0.15) is 12.3 Å². The fraction of sp³-hybridized carbons (Fsp3) is 0.318. The molecule has 32 heavy (non-hydrogen) atoms. The van der Waals surface area contributed by atoms with E-state index in [0.717, 1.165) is 5.56 Å². The molecule has 0 radical (unpaired) electrons. The van der Waals surface area contributed by atoms with Crippen molar-refractivity contribution >= 4 is 33.1 Å². The van der Waals surface area contributed by atoms with Gasteiger partial charge >= 0.3 is 0 Å². The molecule has 10 heteroatoms. The zero-order valence-electron chi connectivity index (χ0n) is 17.2. The summed E-state index contributed by atoms with van der Waals surface area (Å²) in [6.07, 6.45) is 3.63. The van der Waals surface area contributed by atoms with Crippen LogP contribution in [0.2, 0.25) is 0 Å². The van der Waals surface area contributed by atoms with Gasteiger partial charge in [-0.05, 0) is 23.6 Å². The summed E-state index contributed by atoms with van der Waals surface area (Å²) in [5, 5.41) is 14.3. The fourth-order valence-electron chi connectivity index (χ4n) is 4.04. The Hall–Kier alpha value is -3.40. The first kappa shape index (κ1) is 21.8. The number of rotatable bonds is 6. The minimum absolute atomic E-state index is 0.0535. The Morgan fingerprint density at radius 3 is 2.66 bits per heavy atom. The Labute approximate surface area is 185 Å². The van der Waals surface area contributed by atoms with Gasteiger partial charge in [0.2, 0.25) is 5.91 Å². The fourth-order valence-corrected chi connectivity index (χ4v) is 5.72. The molecule has 4 rings (SSSR count). The number of hydrogen-bond donors (Lipinski definition) is 3. The summed E-state index contributed by atoms with van der Waals surface area (Å²) in [6.45, 7) is -0.322. The van der Waals surface area contributed by atoms with Crippen LogP contribution in [0.25, 0.3) is 0 Å². The normalized spacial score (nSPS) is 25.4. The number of nitrogens with one attached hydrogen (secondary N) is 3. The van der Waals surface area contributed by atoms with Crippen LogP contribution >= 0.6 is 0 Å². The minimum Gasteiger partial charge on any atom is -0.351 e. The number of carbonyl (C=O) groups is 2. The molecule has 3 N–H and O–H groups in total. The van der Waals surface area contributed by atoms with Gasteiger partial charge < -0.3 is 16.0 Å². The lowest BCUT2D eigenvalue weighted by Crippen LogP contribution is -2.37. The van der Waals surface area contributed by atoms with E-state index in [2.05, 4.69) is 20.6 Å². The maximum absolute atomic E-state index is 12.8. The number of hydrogen-bond acceptors (Lipinski definition) is 7. The molecule has 3 atom stereocenters. The smallest absolute Gasteiger partial charge is 0.266 e. The van der Waals surface area contributed by atoms with Gasteiger partial charge in [-0.1, -0.05) is 36.4 Å². The first-order valence-corrected chi connectivity index (χ1v) is 12.0. The highest BCUT2D eigenvalue weighted by Crippen LogP contribution is 2.31. The van der Waals surface area contributed by atoms with Crippen molar-refractivity contribution < 1.29 is 18.0 Å². The molecule has 2 amide bonds. The lowest BCUT2D eigenvalue weighted by Gasteiger charge is -2.20. The number of nitrogens with zero attached hydrogens (tertiary/aromatic N) is 2. The zero-order chi connectivity index (χ0) is 22.7. The Kier molecular flexibility index (Phi) is 6.13. The third-order valence-electron chi connectivity index (χ3n) is 5.58. The standard InChI is InChI=1S/C22H23N5O4S/c23-19(14-5-2-1-3-6-14)18-20(15-7-4-9-24-11-15)27-22(29)21(18)25-12-17(28)26-16-8-10-32(30,31)13-16/h1-7,9,11,16,18,20,23H,8,10,12-13H2,(H,26,28)(H,27,29). The maximum Gasteiger partial charge on any atom is 0.266 e. The van der Waals surface area contributed by atoms with Crippen LogP contribution in [0.1, 0.15) is 23.6 Å². The predicted molar refractivity (Wildman–Crippen MR) is 119 cm³/mol. The third kappa shape index (κ3) is 4.75. The van der Waals surface area contributed by atoms with Crippen LogP contribution in [0.3, 0.4) is 0 Å². The summed E-state index contributed by atoms with van der Waals surface area (Å²) in [7, 11) is -3.12. The van der Waals surface area contributed by atoms with Crippen molar-refractivity contribution in [1.29, 1.82) is 5.41 Å². The maximum atomic E-state index is 12.8. The first-order chi connectivity index (χ1) is 15.3. The molecule has 3 heterocycles. The van der Waals surface area contributed by atoms with Crippen molar-refractivity contribution in [3.8, 4) is 0 Å². The van der Waals surface area contributed by atoms with Gasteiger partial charge in [-0.2, -0.15) is 0 Å². The molecule has 3 unspecified atom stereocenters. The highest BCUT2D eigenvalue weighted by atomic mass is 32.2. The summed E-state index contributed by atoms with van der Waals surface area (Å²) in [5.41, 5.74) is 1.69. The molecule has 0 aliphatic carbocycles. The second kappa shape index (κ2) is 8.99. The Balaban J connectivity index is 1.58. The summed E-state index contributed by atoms with van der Waals surface area (Å²) in [5.74, 6) is -1.63. The van der Waals surface area contributed by atoms with E-state index in [1.54, 1.807) is 30.6 Å². The van der Waals surface area contributed by atoms with E-state index in [1.165, 1.54) is 0 Å². The molecular weight excluding hydrogens is 430 g/mol. The third-order valence-corrected chi connectivity index (χ3v) is 7.34.